The Hall–Kier alpha value is -0.980. The fourth-order valence-corrected chi connectivity index (χ4v) is 2.93. The van der Waals surface area contributed by atoms with E-state index in [0.29, 0.717) is 24.0 Å². The van der Waals surface area contributed by atoms with Crippen LogP contribution in [0.25, 0.3) is 0 Å². The minimum Gasteiger partial charge on any atom is -0.459 e. The van der Waals surface area contributed by atoms with Gasteiger partial charge in [0.2, 0.25) is 0 Å². The number of nitrogens with zero attached hydrogens (tertiary/aromatic N) is 2. The summed E-state index contributed by atoms with van der Waals surface area (Å²) in [5, 5.41) is 0.869. The van der Waals surface area contributed by atoms with E-state index in [-0.39, 0.29) is 12.1 Å². The number of hydrogen-bond donors (Lipinski definition) is 0. The van der Waals surface area contributed by atoms with Gasteiger partial charge in [-0.2, -0.15) is 0 Å². The topological polar surface area (TPSA) is 51.7 Å². The molecule has 0 unspecified atom stereocenters. The molecular formula is C14H22N2O3S. The Balaban J connectivity index is 1.77. The van der Waals surface area contributed by atoms with E-state index in [2.05, 4.69) is 23.7 Å². The van der Waals surface area contributed by atoms with Gasteiger partial charge in [0.1, 0.15) is 17.6 Å². The highest BCUT2D eigenvalue weighted by molar-refractivity contribution is 7.13. The van der Waals surface area contributed by atoms with Gasteiger partial charge in [-0.3, -0.25) is 4.90 Å². The lowest BCUT2D eigenvalue weighted by Gasteiger charge is -2.33. The van der Waals surface area contributed by atoms with Crippen molar-refractivity contribution in [2.24, 2.45) is 5.92 Å². The molecule has 20 heavy (non-hydrogen) atoms. The molecule has 1 saturated heterocycles. The zero-order valence-electron chi connectivity index (χ0n) is 12.3. The average Bonchev–Trinajstić information content (AvgIpc) is 2.82. The first-order valence-electron chi connectivity index (χ1n) is 6.98. The largest absolute Gasteiger partial charge is 0.459 e. The SMILES string of the molecule is Cc1ncc(C(=O)OC[C@H]2CN(CC(C)C)CCO2)s1. The molecule has 2 heterocycles. The lowest BCUT2D eigenvalue weighted by molar-refractivity contribution is -0.0611. The second kappa shape index (κ2) is 7.15. The van der Waals surface area contributed by atoms with Crippen molar-refractivity contribution in [1.82, 2.24) is 9.88 Å². The van der Waals surface area contributed by atoms with E-state index in [1.54, 1.807) is 6.20 Å². The van der Waals surface area contributed by atoms with Crippen LogP contribution in [0.15, 0.2) is 6.20 Å². The lowest BCUT2D eigenvalue weighted by atomic mass is 10.2. The molecule has 1 aromatic heterocycles. The van der Waals surface area contributed by atoms with Crippen molar-refractivity contribution in [3.8, 4) is 0 Å². The Labute approximate surface area is 123 Å². The summed E-state index contributed by atoms with van der Waals surface area (Å²) in [7, 11) is 0. The summed E-state index contributed by atoms with van der Waals surface area (Å²) in [5.41, 5.74) is 0. The molecule has 0 saturated carbocycles. The van der Waals surface area contributed by atoms with Gasteiger partial charge in [0, 0.05) is 19.6 Å². The van der Waals surface area contributed by atoms with E-state index >= 15 is 0 Å². The number of ether oxygens (including phenoxy) is 2. The first-order valence-corrected chi connectivity index (χ1v) is 7.79. The van der Waals surface area contributed by atoms with Gasteiger partial charge in [0.05, 0.1) is 17.8 Å². The van der Waals surface area contributed by atoms with Crippen LogP contribution in [0.5, 0.6) is 0 Å². The summed E-state index contributed by atoms with van der Waals surface area (Å²) in [6, 6.07) is 0. The van der Waals surface area contributed by atoms with Gasteiger partial charge in [0.15, 0.2) is 0 Å². The predicted octanol–water partition coefficient (Wildman–Crippen LogP) is 1.97. The van der Waals surface area contributed by atoms with E-state index in [1.807, 2.05) is 6.92 Å². The summed E-state index contributed by atoms with van der Waals surface area (Å²) >= 11 is 1.35. The molecular weight excluding hydrogens is 276 g/mol. The fraction of sp³-hybridized carbons (Fsp3) is 0.714. The minimum atomic E-state index is -0.305. The molecule has 0 bridgehead atoms. The maximum atomic E-state index is 11.8. The van der Waals surface area contributed by atoms with Gasteiger partial charge in [-0.25, -0.2) is 9.78 Å². The Bertz CT molecular complexity index is 447. The molecule has 2 rings (SSSR count). The summed E-state index contributed by atoms with van der Waals surface area (Å²) in [6.07, 6.45) is 1.54. The van der Waals surface area contributed by atoms with Crippen LogP contribution in [0.3, 0.4) is 0 Å². The third-order valence-corrected chi connectivity index (χ3v) is 3.96. The maximum absolute atomic E-state index is 11.8. The summed E-state index contributed by atoms with van der Waals surface area (Å²) < 4.78 is 11.0. The van der Waals surface area contributed by atoms with E-state index in [0.717, 1.165) is 24.6 Å². The smallest absolute Gasteiger partial charge is 0.350 e. The number of carbonyl (C=O) groups excluding carboxylic acids is 1. The number of rotatable bonds is 5. The van der Waals surface area contributed by atoms with Gasteiger partial charge in [-0.05, 0) is 12.8 Å². The highest BCUT2D eigenvalue weighted by Gasteiger charge is 2.22. The van der Waals surface area contributed by atoms with Crippen molar-refractivity contribution in [3.05, 3.63) is 16.1 Å². The molecule has 1 aliphatic rings. The molecule has 1 fully saturated rings. The molecule has 0 radical (unpaired) electrons. The van der Waals surface area contributed by atoms with Crippen molar-refractivity contribution in [3.63, 3.8) is 0 Å². The molecule has 0 aromatic carbocycles. The molecule has 1 atom stereocenters. The van der Waals surface area contributed by atoms with E-state index < -0.39 is 0 Å². The van der Waals surface area contributed by atoms with Crippen molar-refractivity contribution < 1.29 is 14.3 Å². The van der Waals surface area contributed by atoms with Crippen molar-refractivity contribution in [2.45, 2.75) is 26.9 Å². The van der Waals surface area contributed by atoms with Gasteiger partial charge >= 0.3 is 5.97 Å². The third kappa shape index (κ3) is 4.54. The quantitative estimate of drug-likeness (QED) is 0.778. The average molecular weight is 298 g/mol. The normalized spacial score (nSPS) is 20.3. The Morgan fingerprint density at radius 2 is 2.45 bits per heavy atom. The van der Waals surface area contributed by atoms with Gasteiger partial charge in [0.25, 0.3) is 0 Å². The molecule has 0 spiro atoms. The zero-order chi connectivity index (χ0) is 14.5. The number of thiazole rings is 1. The number of esters is 1. The summed E-state index contributed by atoms with van der Waals surface area (Å²) in [4.78, 5) is 18.8. The molecule has 1 aliphatic heterocycles. The number of aryl methyl sites for hydroxylation is 1. The number of carbonyl (C=O) groups is 1. The number of hydrogen-bond acceptors (Lipinski definition) is 6. The molecule has 0 amide bonds. The number of morpholine rings is 1. The van der Waals surface area contributed by atoms with Crippen LogP contribution in [0.4, 0.5) is 0 Å². The molecule has 6 heteroatoms. The monoisotopic (exact) mass is 298 g/mol. The standard InChI is InChI=1S/C14H22N2O3S/c1-10(2)7-16-4-5-18-12(8-16)9-19-14(17)13-6-15-11(3)20-13/h6,10,12H,4-5,7-9H2,1-3H3/t12-/m1/s1. The fourth-order valence-electron chi connectivity index (χ4n) is 2.26. The molecule has 1 aromatic rings. The van der Waals surface area contributed by atoms with Crippen LogP contribution in [0.1, 0.15) is 28.5 Å². The summed E-state index contributed by atoms with van der Waals surface area (Å²) in [6.45, 7) is 10.1. The number of aromatic nitrogens is 1. The molecule has 112 valence electrons. The van der Waals surface area contributed by atoms with Gasteiger partial charge in [-0.15, -0.1) is 11.3 Å². The molecule has 0 aliphatic carbocycles. The van der Waals surface area contributed by atoms with Crippen molar-refractivity contribution in [1.29, 1.82) is 0 Å². The van der Waals surface area contributed by atoms with Crippen molar-refractivity contribution in [2.75, 3.05) is 32.8 Å². The Morgan fingerprint density at radius 1 is 1.65 bits per heavy atom. The van der Waals surface area contributed by atoms with E-state index in [4.69, 9.17) is 9.47 Å². The van der Waals surface area contributed by atoms with Gasteiger partial charge < -0.3 is 9.47 Å². The minimum absolute atomic E-state index is 0.0273. The van der Waals surface area contributed by atoms with Gasteiger partial charge in [-0.1, -0.05) is 13.8 Å². The van der Waals surface area contributed by atoms with E-state index in [9.17, 15) is 4.79 Å². The maximum Gasteiger partial charge on any atom is 0.350 e. The van der Waals surface area contributed by atoms with E-state index in [1.165, 1.54) is 11.3 Å². The molecule has 0 N–H and O–H groups in total. The van der Waals surface area contributed by atoms with Crippen LogP contribution in [0, 0.1) is 12.8 Å². The van der Waals surface area contributed by atoms with Crippen molar-refractivity contribution >= 4 is 17.3 Å². The first-order chi connectivity index (χ1) is 9.54. The zero-order valence-corrected chi connectivity index (χ0v) is 13.1. The Kier molecular flexibility index (Phi) is 5.51. The Morgan fingerprint density at radius 3 is 3.10 bits per heavy atom. The second-order valence-corrected chi connectivity index (χ2v) is 6.72. The van der Waals surface area contributed by atoms with Crippen LogP contribution in [-0.2, 0) is 9.47 Å². The third-order valence-electron chi connectivity index (χ3n) is 3.07. The van der Waals surface area contributed by atoms with Crippen LogP contribution < -0.4 is 0 Å². The highest BCUT2D eigenvalue weighted by Crippen LogP contribution is 2.14. The van der Waals surface area contributed by atoms with Crippen LogP contribution >= 0.6 is 11.3 Å². The summed E-state index contributed by atoms with van der Waals surface area (Å²) in [5.74, 6) is 0.330. The van der Waals surface area contributed by atoms with Crippen LogP contribution in [-0.4, -0.2) is 54.8 Å². The highest BCUT2D eigenvalue weighted by atomic mass is 32.1. The molecule has 5 nitrogen and oxygen atoms in total. The first kappa shape index (κ1) is 15.4. The predicted molar refractivity (Wildman–Crippen MR) is 78.2 cm³/mol. The second-order valence-electron chi connectivity index (χ2n) is 5.49. The van der Waals surface area contributed by atoms with Crippen LogP contribution in [0.2, 0.25) is 0 Å². The lowest BCUT2D eigenvalue weighted by Crippen LogP contribution is -2.45.